The summed E-state index contributed by atoms with van der Waals surface area (Å²) in [4.78, 5) is 36.5. The van der Waals surface area contributed by atoms with Crippen LogP contribution in [0, 0.1) is 20.8 Å². The Morgan fingerprint density at radius 3 is 1.79 bits per heavy atom. The minimum absolute atomic E-state index is 0.00705. The van der Waals surface area contributed by atoms with E-state index in [1.807, 2.05) is 0 Å². The largest absolute Gasteiger partial charge is 0.508 e. The van der Waals surface area contributed by atoms with Crippen LogP contribution in [-0.2, 0) is 0 Å². The topological polar surface area (TPSA) is 171 Å². The van der Waals surface area contributed by atoms with E-state index in [-0.39, 0.29) is 45.1 Å². The highest BCUT2D eigenvalue weighted by atomic mass is 16.5. The lowest BCUT2D eigenvalue weighted by Crippen LogP contribution is -2.14. The number of rotatable bonds is 5. The molecule has 0 unspecified atom stereocenters. The van der Waals surface area contributed by atoms with E-state index in [9.17, 15) is 39.9 Å². The third-order valence-corrected chi connectivity index (χ3v) is 5.02. The SMILES string of the molecule is Cc1cc(O)cc(O)c1C(=O)Oc1cc(C)c(C(=O)Oc2ccc(O)c(C(=O)O)c2C)c(O)c1. The molecule has 0 aliphatic heterocycles. The Morgan fingerprint density at radius 2 is 1.24 bits per heavy atom. The number of ether oxygens (including phenoxy) is 2. The molecule has 0 radical (unpaired) electrons. The van der Waals surface area contributed by atoms with Crippen LogP contribution in [0.2, 0.25) is 0 Å². The molecule has 0 amide bonds. The number of phenolic OH excluding ortho intramolecular Hbond substituents is 3. The number of esters is 2. The van der Waals surface area contributed by atoms with Gasteiger partial charge < -0.3 is 35.0 Å². The average molecular weight is 468 g/mol. The van der Waals surface area contributed by atoms with Crippen LogP contribution < -0.4 is 9.47 Å². The summed E-state index contributed by atoms with van der Waals surface area (Å²) in [5, 5.41) is 48.8. The van der Waals surface area contributed by atoms with Crippen molar-refractivity contribution in [2.24, 2.45) is 0 Å². The predicted molar refractivity (Wildman–Crippen MR) is 117 cm³/mol. The second-order valence-electron chi connectivity index (χ2n) is 7.46. The summed E-state index contributed by atoms with van der Waals surface area (Å²) in [5.74, 6) is -5.43. The van der Waals surface area contributed by atoms with E-state index in [2.05, 4.69) is 0 Å². The molecule has 0 bridgehead atoms. The third kappa shape index (κ3) is 4.56. The molecule has 5 N–H and O–H groups in total. The number of hydrogen-bond acceptors (Lipinski definition) is 9. The van der Waals surface area contributed by atoms with E-state index < -0.39 is 40.7 Å². The fourth-order valence-electron chi connectivity index (χ4n) is 3.44. The van der Waals surface area contributed by atoms with E-state index in [0.29, 0.717) is 0 Å². The number of benzene rings is 3. The van der Waals surface area contributed by atoms with Gasteiger partial charge >= 0.3 is 17.9 Å². The number of carbonyl (C=O) groups excluding carboxylic acids is 2. The molecular weight excluding hydrogens is 448 g/mol. The van der Waals surface area contributed by atoms with E-state index >= 15 is 0 Å². The van der Waals surface area contributed by atoms with Gasteiger partial charge in [0.25, 0.3) is 0 Å². The molecule has 0 atom stereocenters. The normalized spacial score (nSPS) is 10.6. The zero-order chi connectivity index (χ0) is 25.3. The van der Waals surface area contributed by atoms with Crippen LogP contribution in [-0.4, -0.2) is 43.4 Å². The lowest BCUT2D eigenvalue weighted by atomic mass is 10.1. The first-order chi connectivity index (χ1) is 15.9. The Kier molecular flexibility index (Phi) is 6.35. The van der Waals surface area contributed by atoms with Gasteiger partial charge in [0.05, 0.1) is 0 Å². The number of aryl methyl sites for hydroxylation is 2. The maximum Gasteiger partial charge on any atom is 0.347 e. The van der Waals surface area contributed by atoms with Crippen molar-refractivity contribution in [2.45, 2.75) is 20.8 Å². The van der Waals surface area contributed by atoms with Gasteiger partial charge in [0.1, 0.15) is 51.2 Å². The van der Waals surface area contributed by atoms with Crippen LogP contribution in [0.25, 0.3) is 0 Å². The molecule has 0 heterocycles. The summed E-state index contributed by atoms with van der Waals surface area (Å²) in [6.45, 7) is 4.28. The summed E-state index contributed by atoms with van der Waals surface area (Å²) in [6, 6.07) is 6.80. The van der Waals surface area contributed by atoms with Crippen molar-refractivity contribution in [3.8, 4) is 34.5 Å². The van der Waals surface area contributed by atoms with Crippen molar-refractivity contribution in [3.63, 3.8) is 0 Å². The average Bonchev–Trinajstić information content (AvgIpc) is 2.68. The van der Waals surface area contributed by atoms with Crippen molar-refractivity contribution < 1.29 is 49.4 Å². The molecule has 3 aromatic carbocycles. The fourth-order valence-corrected chi connectivity index (χ4v) is 3.44. The smallest absolute Gasteiger partial charge is 0.347 e. The molecule has 0 fully saturated rings. The highest BCUT2D eigenvalue weighted by molar-refractivity contribution is 5.98. The van der Waals surface area contributed by atoms with E-state index in [0.717, 1.165) is 18.2 Å². The second kappa shape index (κ2) is 9.02. The van der Waals surface area contributed by atoms with Gasteiger partial charge in [-0.05, 0) is 56.2 Å². The van der Waals surface area contributed by atoms with Crippen molar-refractivity contribution in [1.82, 2.24) is 0 Å². The Hall–Kier alpha value is -4.73. The molecule has 34 heavy (non-hydrogen) atoms. The minimum Gasteiger partial charge on any atom is -0.508 e. The van der Waals surface area contributed by atoms with Crippen molar-refractivity contribution in [1.29, 1.82) is 0 Å². The van der Waals surface area contributed by atoms with E-state index in [4.69, 9.17) is 9.47 Å². The van der Waals surface area contributed by atoms with Gasteiger partial charge in [-0.1, -0.05) is 0 Å². The molecule has 0 aliphatic carbocycles. The van der Waals surface area contributed by atoms with Crippen LogP contribution in [0.15, 0.2) is 36.4 Å². The van der Waals surface area contributed by atoms with Crippen molar-refractivity contribution in [2.75, 3.05) is 0 Å². The third-order valence-electron chi connectivity index (χ3n) is 5.02. The van der Waals surface area contributed by atoms with Gasteiger partial charge in [-0.3, -0.25) is 0 Å². The maximum atomic E-state index is 12.7. The molecule has 3 rings (SSSR count). The molecule has 0 saturated heterocycles. The van der Waals surface area contributed by atoms with Gasteiger partial charge in [0.15, 0.2) is 0 Å². The van der Waals surface area contributed by atoms with Gasteiger partial charge in [0, 0.05) is 17.7 Å². The summed E-state index contributed by atoms with van der Waals surface area (Å²) in [5.41, 5.74) is -0.430. The van der Waals surface area contributed by atoms with E-state index in [1.54, 1.807) is 0 Å². The number of aromatic carboxylic acids is 1. The molecule has 10 nitrogen and oxygen atoms in total. The standard InChI is InChI=1S/C24H20O10/c1-10-6-13(25)8-16(27)19(10)23(31)33-14-7-11(2)20(17(28)9-14)24(32)34-18-5-4-15(26)21(12(18)3)22(29)30/h4-9,25-28H,1-3H3,(H,29,30). The fraction of sp³-hybridized carbons (Fsp3) is 0.125. The first-order valence-electron chi connectivity index (χ1n) is 9.77. The molecule has 10 heteroatoms. The van der Waals surface area contributed by atoms with Crippen molar-refractivity contribution in [3.05, 3.63) is 69.8 Å². The molecule has 0 aliphatic rings. The summed E-state index contributed by atoms with van der Waals surface area (Å²) in [7, 11) is 0. The molecule has 0 spiro atoms. The molecule has 3 aromatic rings. The van der Waals surface area contributed by atoms with Gasteiger partial charge in [-0.25, -0.2) is 14.4 Å². The molecular formula is C24H20O10. The summed E-state index contributed by atoms with van der Waals surface area (Å²) >= 11 is 0. The van der Waals surface area contributed by atoms with Crippen LogP contribution in [0.3, 0.4) is 0 Å². The summed E-state index contributed by atoms with van der Waals surface area (Å²) in [6.07, 6.45) is 0. The Balaban J connectivity index is 1.88. The Morgan fingerprint density at radius 1 is 0.676 bits per heavy atom. The zero-order valence-corrected chi connectivity index (χ0v) is 18.2. The van der Waals surface area contributed by atoms with Crippen LogP contribution in [0.1, 0.15) is 47.8 Å². The Labute approximate surface area is 192 Å². The van der Waals surface area contributed by atoms with Gasteiger partial charge in [0.2, 0.25) is 0 Å². The lowest BCUT2D eigenvalue weighted by molar-refractivity contribution is 0.0680. The van der Waals surface area contributed by atoms with Gasteiger partial charge in [-0.2, -0.15) is 0 Å². The number of carbonyl (C=O) groups is 3. The predicted octanol–water partition coefficient (Wildman–Crippen LogP) is 3.57. The van der Waals surface area contributed by atoms with Crippen LogP contribution >= 0.6 is 0 Å². The lowest BCUT2D eigenvalue weighted by Gasteiger charge is -2.14. The molecule has 176 valence electrons. The summed E-state index contributed by atoms with van der Waals surface area (Å²) < 4.78 is 10.4. The zero-order valence-electron chi connectivity index (χ0n) is 18.2. The quantitative estimate of drug-likeness (QED) is 0.275. The molecule has 0 aromatic heterocycles. The monoisotopic (exact) mass is 468 g/mol. The number of carboxylic acid groups (broad SMARTS) is 1. The minimum atomic E-state index is -1.41. The number of carboxylic acids is 1. The molecule has 0 saturated carbocycles. The number of phenols is 4. The van der Waals surface area contributed by atoms with Crippen molar-refractivity contribution >= 4 is 17.9 Å². The Bertz CT molecular complexity index is 1290. The maximum absolute atomic E-state index is 12.7. The highest BCUT2D eigenvalue weighted by Crippen LogP contribution is 2.33. The first-order valence-corrected chi connectivity index (χ1v) is 9.77. The first kappa shape index (κ1) is 23.9. The van der Waals surface area contributed by atoms with Gasteiger partial charge in [-0.15, -0.1) is 0 Å². The number of aromatic hydroxyl groups is 4. The highest BCUT2D eigenvalue weighted by Gasteiger charge is 2.24. The van der Waals surface area contributed by atoms with Crippen LogP contribution in [0.4, 0.5) is 0 Å². The van der Waals surface area contributed by atoms with Crippen LogP contribution in [0.5, 0.6) is 34.5 Å². The second-order valence-corrected chi connectivity index (χ2v) is 7.46. The van der Waals surface area contributed by atoms with E-state index in [1.165, 1.54) is 39.0 Å². The number of hydrogen-bond donors (Lipinski definition) is 5.